The van der Waals surface area contributed by atoms with Gasteiger partial charge >= 0.3 is 17.8 Å². The fourth-order valence-corrected chi connectivity index (χ4v) is 4.31. The van der Waals surface area contributed by atoms with Gasteiger partial charge in [0.2, 0.25) is 0 Å². The molecular formula is C26H35F3N2O5. The van der Waals surface area contributed by atoms with E-state index < -0.39 is 23.1 Å². The highest BCUT2D eigenvalue weighted by atomic mass is 19.4. The molecule has 36 heavy (non-hydrogen) atoms. The smallest absolute Gasteiger partial charge is 0.417 e. The van der Waals surface area contributed by atoms with E-state index in [1.165, 1.54) is 6.07 Å². The van der Waals surface area contributed by atoms with Crippen LogP contribution in [0.2, 0.25) is 0 Å². The van der Waals surface area contributed by atoms with Gasteiger partial charge in [-0.05, 0) is 50.7 Å². The molecule has 1 aliphatic rings. The van der Waals surface area contributed by atoms with E-state index in [1.807, 2.05) is 27.7 Å². The first-order chi connectivity index (χ1) is 17.0. The van der Waals surface area contributed by atoms with Crippen molar-refractivity contribution in [2.75, 3.05) is 19.9 Å². The molecule has 0 spiro atoms. The van der Waals surface area contributed by atoms with Gasteiger partial charge in [0.15, 0.2) is 0 Å². The molecule has 1 atom stereocenters. The number of amides is 2. The molecule has 1 fully saturated rings. The SMILES string of the molecule is CCCc1cc2c(C(F)(F)F)cc(=O)oc2c(CCC)c1OCCCCN1COC(C)(CC)NC1=O. The summed E-state index contributed by atoms with van der Waals surface area (Å²) < 4.78 is 58.3. The quantitative estimate of drug-likeness (QED) is 0.295. The lowest BCUT2D eigenvalue weighted by Crippen LogP contribution is -2.59. The summed E-state index contributed by atoms with van der Waals surface area (Å²) in [5, 5.41) is 2.74. The van der Waals surface area contributed by atoms with Gasteiger partial charge in [-0.25, -0.2) is 9.59 Å². The minimum Gasteiger partial charge on any atom is -0.493 e. The fraction of sp³-hybridized carbons (Fsp3) is 0.615. The average molecular weight is 513 g/mol. The molecule has 2 heterocycles. The number of halogens is 3. The van der Waals surface area contributed by atoms with Crippen molar-refractivity contribution in [1.82, 2.24) is 10.2 Å². The predicted molar refractivity (Wildman–Crippen MR) is 130 cm³/mol. The molecule has 1 unspecified atom stereocenters. The highest BCUT2D eigenvalue weighted by molar-refractivity contribution is 5.87. The van der Waals surface area contributed by atoms with Crippen molar-refractivity contribution in [1.29, 1.82) is 0 Å². The highest BCUT2D eigenvalue weighted by Crippen LogP contribution is 2.40. The molecule has 1 aliphatic heterocycles. The number of benzene rings is 1. The van der Waals surface area contributed by atoms with Crippen molar-refractivity contribution < 1.29 is 31.9 Å². The van der Waals surface area contributed by atoms with Crippen LogP contribution in [0.1, 0.15) is 76.5 Å². The predicted octanol–water partition coefficient (Wildman–Crippen LogP) is 6.00. The van der Waals surface area contributed by atoms with Gasteiger partial charge in [0.1, 0.15) is 23.8 Å². The van der Waals surface area contributed by atoms with E-state index in [0.29, 0.717) is 81.0 Å². The number of nitrogens with zero attached hydrogens (tertiary/aromatic N) is 1. The standard InChI is InChI=1S/C26H35F3N2O5/c1-5-10-17-14-19-20(26(27,28)29)15-21(32)36-23(19)18(11-6-2)22(17)34-13-9-8-12-31-16-35-25(4,7-3)30-24(31)33/h14-15H,5-13,16H2,1-4H3,(H,30,33). The van der Waals surface area contributed by atoms with Crippen molar-refractivity contribution in [3.63, 3.8) is 0 Å². The Morgan fingerprint density at radius 1 is 1.11 bits per heavy atom. The molecule has 200 valence electrons. The molecule has 2 aromatic rings. The maximum absolute atomic E-state index is 13.7. The van der Waals surface area contributed by atoms with E-state index in [1.54, 1.807) is 4.90 Å². The van der Waals surface area contributed by atoms with Gasteiger partial charge < -0.3 is 24.1 Å². The average Bonchev–Trinajstić information content (AvgIpc) is 2.81. The van der Waals surface area contributed by atoms with Crippen LogP contribution in [0, 0.1) is 0 Å². The number of urea groups is 1. The fourth-order valence-electron chi connectivity index (χ4n) is 4.31. The maximum Gasteiger partial charge on any atom is 0.417 e. The van der Waals surface area contributed by atoms with Crippen LogP contribution >= 0.6 is 0 Å². The van der Waals surface area contributed by atoms with Crippen molar-refractivity contribution in [3.05, 3.63) is 39.2 Å². The number of hydrogen-bond donors (Lipinski definition) is 1. The molecule has 0 radical (unpaired) electrons. The zero-order valence-corrected chi connectivity index (χ0v) is 21.3. The Balaban J connectivity index is 1.79. The summed E-state index contributed by atoms with van der Waals surface area (Å²) in [6.45, 7) is 8.63. The summed E-state index contributed by atoms with van der Waals surface area (Å²) in [6.07, 6.45) is -0.439. The number of alkyl halides is 3. The Hall–Kier alpha value is -2.75. The lowest BCUT2D eigenvalue weighted by molar-refractivity contribution is -0.136. The first-order valence-corrected chi connectivity index (χ1v) is 12.6. The van der Waals surface area contributed by atoms with Gasteiger partial charge in [0.05, 0.1) is 12.2 Å². The third-order valence-electron chi connectivity index (χ3n) is 6.42. The van der Waals surface area contributed by atoms with Crippen LogP contribution in [-0.4, -0.2) is 36.5 Å². The van der Waals surface area contributed by atoms with Crippen LogP contribution in [0.5, 0.6) is 5.75 Å². The van der Waals surface area contributed by atoms with Gasteiger partial charge in [-0.2, -0.15) is 13.2 Å². The molecule has 10 heteroatoms. The zero-order valence-electron chi connectivity index (χ0n) is 21.3. The van der Waals surface area contributed by atoms with E-state index >= 15 is 0 Å². The zero-order chi connectivity index (χ0) is 26.5. The number of carbonyl (C=O) groups excluding carboxylic acids is 1. The molecule has 0 bridgehead atoms. The minimum absolute atomic E-state index is 0.0624. The summed E-state index contributed by atoms with van der Waals surface area (Å²) in [5.74, 6) is 0.492. The lowest BCUT2D eigenvalue weighted by Gasteiger charge is -2.39. The third-order valence-corrected chi connectivity index (χ3v) is 6.42. The Kier molecular flexibility index (Phi) is 8.92. The molecule has 2 amide bonds. The number of nitrogens with one attached hydrogen (secondary N) is 1. The van der Waals surface area contributed by atoms with Gasteiger partial charge in [-0.1, -0.05) is 33.6 Å². The molecule has 1 aromatic carbocycles. The van der Waals surface area contributed by atoms with Crippen LogP contribution < -0.4 is 15.7 Å². The number of carbonyl (C=O) groups is 1. The van der Waals surface area contributed by atoms with E-state index in [-0.39, 0.29) is 23.7 Å². The highest BCUT2D eigenvalue weighted by Gasteiger charge is 2.35. The van der Waals surface area contributed by atoms with Crippen molar-refractivity contribution in [2.45, 2.75) is 84.5 Å². The second-order valence-corrected chi connectivity index (χ2v) is 9.30. The second-order valence-electron chi connectivity index (χ2n) is 9.30. The van der Waals surface area contributed by atoms with Gasteiger partial charge in [0, 0.05) is 23.6 Å². The molecule has 3 rings (SSSR count). The number of hydrogen-bond acceptors (Lipinski definition) is 5. The molecular weight excluding hydrogens is 477 g/mol. The number of ether oxygens (including phenoxy) is 2. The van der Waals surface area contributed by atoms with Gasteiger partial charge in [-0.15, -0.1) is 0 Å². The normalized spacial score (nSPS) is 18.5. The van der Waals surface area contributed by atoms with E-state index in [0.717, 1.165) is 0 Å². The maximum atomic E-state index is 13.7. The van der Waals surface area contributed by atoms with Crippen molar-refractivity contribution >= 4 is 17.0 Å². The van der Waals surface area contributed by atoms with E-state index in [4.69, 9.17) is 13.9 Å². The van der Waals surface area contributed by atoms with Crippen LogP contribution in [-0.2, 0) is 23.8 Å². The lowest BCUT2D eigenvalue weighted by atomic mass is 9.96. The van der Waals surface area contributed by atoms with E-state index in [9.17, 15) is 22.8 Å². The summed E-state index contributed by atoms with van der Waals surface area (Å²) in [7, 11) is 0. The van der Waals surface area contributed by atoms with Crippen molar-refractivity contribution in [3.8, 4) is 5.75 Å². The number of aryl methyl sites for hydroxylation is 2. The van der Waals surface area contributed by atoms with Crippen LogP contribution in [0.25, 0.3) is 11.0 Å². The molecule has 0 saturated carbocycles. The Morgan fingerprint density at radius 2 is 1.83 bits per heavy atom. The first-order valence-electron chi connectivity index (χ1n) is 12.6. The van der Waals surface area contributed by atoms with Gasteiger partial charge in [0.25, 0.3) is 0 Å². The Morgan fingerprint density at radius 3 is 2.44 bits per heavy atom. The summed E-state index contributed by atoms with van der Waals surface area (Å²) >= 11 is 0. The van der Waals surface area contributed by atoms with Crippen LogP contribution in [0.4, 0.5) is 18.0 Å². The molecule has 1 N–H and O–H groups in total. The largest absolute Gasteiger partial charge is 0.493 e. The second kappa shape index (κ2) is 11.5. The van der Waals surface area contributed by atoms with Crippen LogP contribution in [0.3, 0.4) is 0 Å². The Bertz CT molecular complexity index is 1130. The molecule has 7 nitrogen and oxygen atoms in total. The first kappa shape index (κ1) is 27.8. The molecule has 1 saturated heterocycles. The Labute approximate surface area is 208 Å². The molecule has 0 aliphatic carbocycles. The third kappa shape index (κ3) is 6.32. The minimum atomic E-state index is -4.68. The monoisotopic (exact) mass is 512 g/mol. The number of rotatable bonds is 11. The topological polar surface area (TPSA) is 81.0 Å². The number of fused-ring (bicyclic) bond motifs is 1. The van der Waals surface area contributed by atoms with E-state index in [2.05, 4.69) is 5.32 Å². The van der Waals surface area contributed by atoms with Crippen LogP contribution in [0.15, 0.2) is 21.3 Å². The summed E-state index contributed by atoms with van der Waals surface area (Å²) in [5.41, 5.74) is -1.59. The van der Waals surface area contributed by atoms with Gasteiger partial charge in [-0.3, -0.25) is 0 Å². The molecule has 1 aromatic heterocycles. The summed E-state index contributed by atoms with van der Waals surface area (Å²) in [4.78, 5) is 25.9. The van der Waals surface area contributed by atoms with Crippen molar-refractivity contribution in [2.24, 2.45) is 0 Å². The summed E-state index contributed by atoms with van der Waals surface area (Å²) in [6, 6.07) is 1.78. The number of unbranched alkanes of at least 4 members (excludes halogenated alkanes) is 1.